The van der Waals surface area contributed by atoms with E-state index in [1.807, 2.05) is 17.6 Å². The van der Waals surface area contributed by atoms with Crippen LogP contribution in [0.1, 0.15) is 46.7 Å². The van der Waals surface area contributed by atoms with Gasteiger partial charge in [-0.15, -0.1) is 0 Å². The van der Waals surface area contributed by atoms with Gasteiger partial charge in [0.25, 0.3) is 0 Å². The second-order valence-corrected chi connectivity index (χ2v) is 5.84. The lowest BCUT2D eigenvalue weighted by atomic mass is 9.88. The summed E-state index contributed by atoms with van der Waals surface area (Å²) in [5.74, 6) is -0.905. The molecule has 0 saturated carbocycles. The number of fused-ring (bicyclic) bond motifs is 1. The normalized spacial score (nSPS) is 17.5. The molecule has 110 valence electrons. The minimum atomic E-state index is -0.905. The van der Waals surface area contributed by atoms with Crippen LogP contribution in [0.15, 0.2) is 24.3 Å². The van der Waals surface area contributed by atoms with E-state index in [1.165, 1.54) is 11.1 Å². The van der Waals surface area contributed by atoms with E-state index in [4.69, 9.17) is 12.2 Å². The number of aryl methyl sites for hydroxylation is 2. The fourth-order valence-corrected chi connectivity index (χ4v) is 3.59. The van der Waals surface area contributed by atoms with Crippen LogP contribution >= 0.6 is 12.2 Å². The molecule has 0 bridgehead atoms. The number of carboxylic acids is 1. The molecule has 5 heteroatoms. The highest BCUT2D eigenvalue weighted by Crippen LogP contribution is 2.31. The van der Waals surface area contributed by atoms with Crippen LogP contribution in [0, 0.1) is 4.77 Å². The van der Waals surface area contributed by atoms with Crippen LogP contribution in [0.4, 0.5) is 0 Å². The third-order valence-electron chi connectivity index (χ3n) is 4.25. The van der Waals surface area contributed by atoms with Crippen LogP contribution in [-0.4, -0.2) is 20.6 Å². The molecular formula is C16H18N2O2S. The summed E-state index contributed by atoms with van der Waals surface area (Å²) >= 11 is 5.37. The molecule has 0 radical (unpaired) electrons. The average molecular weight is 302 g/mol. The molecule has 1 heterocycles. The summed E-state index contributed by atoms with van der Waals surface area (Å²) in [7, 11) is 0. The number of carboxylic acid groups (broad SMARTS) is 1. The monoisotopic (exact) mass is 302 g/mol. The van der Waals surface area contributed by atoms with Gasteiger partial charge in [-0.25, -0.2) is 4.79 Å². The highest BCUT2D eigenvalue weighted by molar-refractivity contribution is 7.71. The first-order valence-electron chi connectivity index (χ1n) is 7.25. The van der Waals surface area contributed by atoms with E-state index in [0.717, 1.165) is 19.3 Å². The van der Waals surface area contributed by atoms with Gasteiger partial charge < -0.3 is 14.7 Å². The molecule has 4 nitrogen and oxygen atoms in total. The molecule has 3 rings (SSSR count). The molecular weight excluding hydrogens is 284 g/mol. The van der Waals surface area contributed by atoms with Crippen molar-refractivity contribution in [2.75, 3.05) is 0 Å². The molecule has 21 heavy (non-hydrogen) atoms. The van der Waals surface area contributed by atoms with Crippen molar-refractivity contribution < 1.29 is 9.90 Å². The van der Waals surface area contributed by atoms with E-state index < -0.39 is 5.97 Å². The zero-order valence-electron chi connectivity index (χ0n) is 11.9. The maximum atomic E-state index is 11.6. The van der Waals surface area contributed by atoms with Crippen LogP contribution in [0.2, 0.25) is 0 Å². The van der Waals surface area contributed by atoms with Gasteiger partial charge in [0, 0.05) is 11.7 Å². The number of benzene rings is 1. The molecule has 2 N–H and O–H groups in total. The molecule has 0 amide bonds. The first kappa shape index (κ1) is 14.1. The van der Waals surface area contributed by atoms with E-state index in [9.17, 15) is 9.90 Å². The van der Waals surface area contributed by atoms with E-state index in [-0.39, 0.29) is 6.04 Å². The molecule has 0 spiro atoms. The lowest BCUT2D eigenvalue weighted by molar-refractivity contribution is 0.0680. The lowest BCUT2D eigenvalue weighted by Gasteiger charge is -2.26. The van der Waals surface area contributed by atoms with Crippen molar-refractivity contribution in [2.24, 2.45) is 0 Å². The summed E-state index contributed by atoms with van der Waals surface area (Å²) in [6.45, 7) is 1.94. The fourth-order valence-electron chi connectivity index (χ4n) is 3.23. The first-order valence-corrected chi connectivity index (χ1v) is 7.66. The smallest absolute Gasteiger partial charge is 0.354 e. The number of carbonyl (C=O) groups is 1. The molecule has 1 unspecified atom stereocenters. The van der Waals surface area contributed by atoms with Crippen LogP contribution < -0.4 is 0 Å². The number of aromatic nitrogens is 2. The minimum absolute atomic E-state index is 0.120. The van der Waals surface area contributed by atoms with E-state index in [2.05, 4.69) is 23.2 Å². The molecule has 0 aliphatic heterocycles. The van der Waals surface area contributed by atoms with Crippen molar-refractivity contribution in [1.82, 2.24) is 9.55 Å². The summed E-state index contributed by atoms with van der Waals surface area (Å²) in [6.07, 6.45) is 3.37. The average Bonchev–Trinajstić information content (AvgIpc) is 2.83. The van der Waals surface area contributed by atoms with Gasteiger partial charge in [0.15, 0.2) is 4.77 Å². The summed E-state index contributed by atoms with van der Waals surface area (Å²) in [4.78, 5) is 14.7. The van der Waals surface area contributed by atoms with E-state index in [1.54, 1.807) is 0 Å². The molecule has 1 aliphatic carbocycles. The van der Waals surface area contributed by atoms with Crippen LogP contribution in [-0.2, 0) is 19.3 Å². The Kier molecular flexibility index (Phi) is 3.68. The number of nitrogens with one attached hydrogen (secondary N) is 1. The Bertz CT molecular complexity index is 745. The fraction of sp³-hybridized carbons (Fsp3) is 0.375. The molecule has 1 aliphatic rings. The van der Waals surface area contributed by atoms with Crippen molar-refractivity contribution in [2.45, 2.75) is 38.6 Å². The van der Waals surface area contributed by atoms with Gasteiger partial charge in [0.05, 0.1) is 0 Å². The Morgan fingerprint density at radius 1 is 1.43 bits per heavy atom. The third kappa shape index (κ3) is 2.42. The van der Waals surface area contributed by atoms with Crippen molar-refractivity contribution >= 4 is 18.2 Å². The van der Waals surface area contributed by atoms with Crippen LogP contribution in [0.5, 0.6) is 0 Å². The van der Waals surface area contributed by atoms with Crippen molar-refractivity contribution in [3.63, 3.8) is 0 Å². The molecule has 1 atom stereocenters. The zero-order valence-corrected chi connectivity index (χ0v) is 12.7. The SMILES string of the molecule is CCc1[nH]c(=S)n(C2CCc3ccccc3C2)c1C(=O)O. The molecule has 1 aromatic heterocycles. The standard InChI is InChI=1S/C16H18N2O2S/c1-2-13-14(15(19)20)18(16(21)17-13)12-8-7-10-5-3-4-6-11(10)9-12/h3-6,12H,2,7-9H2,1H3,(H,17,21)(H,19,20). The molecule has 1 aromatic carbocycles. The summed E-state index contributed by atoms with van der Waals surface area (Å²) in [6, 6.07) is 8.48. The van der Waals surface area contributed by atoms with Crippen LogP contribution in [0.3, 0.4) is 0 Å². The van der Waals surface area contributed by atoms with E-state index >= 15 is 0 Å². The number of rotatable bonds is 3. The van der Waals surface area contributed by atoms with Crippen molar-refractivity contribution in [1.29, 1.82) is 0 Å². The number of aromatic carboxylic acids is 1. The predicted octanol–water partition coefficient (Wildman–Crippen LogP) is 3.54. The second kappa shape index (κ2) is 5.48. The number of H-pyrrole nitrogens is 1. The van der Waals surface area contributed by atoms with Crippen molar-refractivity contribution in [3.8, 4) is 0 Å². The highest BCUT2D eigenvalue weighted by atomic mass is 32.1. The number of hydrogen-bond acceptors (Lipinski definition) is 2. The first-order chi connectivity index (χ1) is 10.1. The molecule has 2 aromatic rings. The van der Waals surface area contributed by atoms with Gasteiger partial charge >= 0.3 is 5.97 Å². The summed E-state index contributed by atoms with van der Waals surface area (Å²) < 4.78 is 2.33. The minimum Gasteiger partial charge on any atom is -0.477 e. The maximum Gasteiger partial charge on any atom is 0.354 e. The largest absolute Gasteiger partial charge is 0.477 e. The Morgan fingerprint density at radius 3 is 2.81 bits per heavy atom. The number of aromatic amines is 1. The van der Waals surface area contributed by atoms with E-state index in [0.29, 0.717) is 22.6 Å². The predicted molar refractivity (Wildman–Crippen MR) is 83.5 cm³/mol. The summed E-state index contributed by atoms with van der Waals surface area (Å²) in [5, 5.41) is 9.53. The Morgan fingerprint density at radius 2 is 2.14 bits per heavy atom. The number of hydrogen-bond donors (Lipinski definition) is 2. The summed E-state index contributed by atoms with van der Waals surface area (Å²) in [5.41, 5.74) is 3.70. The van der Waals surface area contributed by atoms with Crippen molar-refractivity contribution in [3.05, 3.63) is 51.6 Å². The Balaban J connectivity index is 2.05. The Labute approximate surface area is 128 Å². The molecule has 0 saturated heterocycles. The lowest BCUT2D eigenvalue weighted by Crippen LogP contribution is -2.22. The number of imidazole rings is 1. The quantitative estimate of drug-likeness (QED) is 0.853. The zero-order chi connectivity index (χ0) is 15.0. The van der Waals surface area contributed by atoms with Crippen LogP contribution in [0.25, 0.3) is 0 Å². The Hall–Kier alpha value is -1.88. The molecule has 0 fully saturated rings. The van der Waals surface area contributed by atoms with Gasteiger partial charge in [0.1, 0.15) is 5.69 Å². The van der Waals surface area contributed by atoms with Gasteiger partial charge in [-0.05, 0) is 49.0 Å². The van der Waals surface area contributed by atoms with Gasteiger partial charge in [-0.1, -0.05) is 31.2 Å². The third-order valence-corrected chi connectivity index (χ3v) is 4.54. The second-order valence-electron chi connectivity index (χ2n) is 5.45. The number of nitrogens with zero attached hydrogens (tertiary/aromatic N) is 1. The van der Waals surface area contributed by atoms with Gasteiger partial charge in [0.2, 0.25) is 0 Å². The maximum absolute atomic E-state index is 11.6. The van der Waals surface area contributed by atoms with Gasteiger partial charge in [-0.2, -0.15) is 0 Å². The topological polar surface area (TPSA) is 58.0 Å². The highest BCUT2D eigenvalue weighted by Gasteiger charge is 2.26. The van der Waals surface area contributed by atoms with Gasteiger partial charge in [-0.3, -0.25) is 0 Å².